The molecular weight excluding hydrogens is 168 g/mol. The van der Waals surface area contributed by atoms with Crippen LogP contribution in [0.25, 0.3) is 0 Å². The van der Waals surface area contributed by atoms with E-state index >= 15 is 0 Å². The van der Waals surface area contributed by atoms with Gasteiger partial charge in [0.25, 0.3) is 0 Å². The molecule has 2 aliphatic rings. The summed E-state index contributed by atoms with van der Waals surface area (Å²) in [6, 6.07) is 0.433. The number of allylic oxidation sites excluding steroid dienone is 3. The lowest BCUT2D eigenvalue weighted by Gasteiger charge is -2.14. The first-order valence-corrected chi connectivity index (χ1v) is 4.65. The normalized spacial score (nSPS) is 27.8. The van der Waals surface area contributed by atoms with Crippen molar-refractivity contribution in [2.24, 2.45) is 0 Å². The van der Waals surface area contributed by atoms with Gasteiger partial charge in [0.1, 0.15) is 0 Å². The largest absolute Gasteiger partial charge is 0.360 e. The van der Waals surface area contributed by atoms with Crippen LogP contribution in [0, 0.1) is 0 Å². The van der Waals surface area contributed by atoms with Crippen LogP contribution in [-0.2, 0) is 0 Å². The molecular formula is C9H12N2S. The molecule has 3 heteroatoms. The zero-order valence-corrected chi connectivity index (χ0v) is 7.66. The second-order valence-corrected chi connectivity index (χ2v) is 3.51. The highest BCUT2D eigenvalue weighted by Crippen LogP contribution is 2.16. The molecule has 1 saturated heterocycles. The van der Waals surface area contributed by atoms with Gasteiger partial charge in [-0.3, -0.25) is 0 Å². The minimum atomic E-state index is 0.433. The highest BCUT2D eigenvalue weighted by atomic mass is 32.1. The third kappa shape index (κ3) is 1.50. The molecule has 64 valence electrons. The first-order valence-electron chi connectivity index (χ1n) is 4.24. The van der Waals surface area contributed by atoms with Gasteiger partial charge in [0, 0.05) is 6.54 Å². The lowest BCUT2D eigenvalue weighted by Crippen LogP contribution is -2.28. The second-order valence-electron chi connectivity index (χ2n) is 3.10. The van der Waals surface area contributed by atoms with Crippen LogP contribution in [-0.4, -0.2) is 17.7 Å². The van der Waals surface area contributed by atoms with Crippen LogP contribution >= 0.6 is 12.2 Å². The average molecular weight is 180 g/mol. The topological polar surface area (TPSA) is 24.1 Å². The third-order valence-corrected chi connectivity index (χ3v) is 2.52. The summed E-state index contributed by atoms with van der Waals surface area (Å²) in [5.74, 6) is 0. The van der Waals surface area contributed by atoms with Gasteiger partial charge in [0.2, 0.25) is 0 Å². The Bertz CT molecular complexity index is 255. The number of rotatable bonds is 1. The third-order valence-electron chi connectivity index (χ3n) is 2.26. The monoisotopic (exact) mass is 180 g/mol. The maximum atomic E-state index is 5.00. The molecule has 0 bridgehead atoms. The standard InChI is InChI=1S/C9H12N2S/c12-9-10-6-8(11-9)7-4-2-1-3-5-7/h1-2,5,8H,3-4,6H2,(H2,10,11,12). The predicted octanol–water partition coefficient (Wildman–Crippen LogP) is 1.11. The number of hydrogen-bond donors (Lipinski definition) is 2. The first kappa shape index (κ1) is 7.80. The van der Waals surface area contributed by atoms with Crippen LogP contribution < -0.4 is 10.6 Å². The zero-order valence-electron chi connectivity index (χ0n) is 6.84. The fourth-order valence-corrected chi connectivity index (χ4v) is 1.81. The molecule has 2 rings (SSSR count). The van der Waals surface area contributed by atoms with Crippen molar-refractivity contribution in [3.05, 3.63) is 23.8 Å². The van der Waals surface area contributed by atoms with Gasteiger partial charge in [-0.05, 0) is 30.6 Å². The summed E-state index contributed by atoms with van der Waals surface area (Å²) in [4.78, 5) is 0. The Morgan fingerprint density at radius 1 is 1.42 bits per heavy atom. The highest BCUT2D eigenvalue weighted by Gasteiger charge is 2.20. The van der Waals surface area contributed by atoms with Crippen LogP contribution in [0.5, 0.6) is 0 Å². The van der Waals surface area contributed by atoms with E-state index in [1.54, 1.807) is 0 Å². The van der Waals surface area contributed by atoms with Gasteiger partial charge in [-0.2, -0.15) is 0 Å². The first-order chi connectivity index (χ1) is 5.86. The van der Waals surface area contributed by atoms with Gasteiger partial charge in [-0.1, -0.05) is 18.2 Å². The molecule has 1 heterocycles. The van der Waals surface area contributed by atoms with Gasteiger partial charge in [0.15, 0.2) is 5.11 Å². The molecule has 1 fully saturated rings. The summed E-state index contributed by atoms with van der Waals surface area (Å²) in [7, 11) is 0. The molecule has 0 saturated carbocycles. The summed E-state index contributed by atoms with van der Waals surface area (Å²) in [6.07, 6.45) is 8.85. The van der Waals surface area contributed by atoms with Gasteiger partial charge in [-0.15, -0.1) is 0 Å². The van der Waals surface area contributed by atoms with Crippen molar-refractivity contribution in [1.82, 2.24) is 10.6 Å². The van der Waals surface area contributed by atoms with Gasteiger partial charge >= 0.3 is 0 Å². The van der Waals surface area contributed by atoms with E-state index in [2.05, 4.69) is 28.9 Å². The Balaban J connectivity index is 2.00. The van der Waals surface area contributed by atoms with Crippen LogP contribution in [0.4, 0.5) is 0 Å². The van der Waals surface area contributed by atoms with E-state index in [-0.39, 0.29) is 0 Å². The van der Waals surface area contributed by atoms with Crippen LogP contribution in [0.2, 0.25) is 0 Å². The maximum absolute atomic E-state index is 5.00. The summed E-state index contributed by atoms with van der Waals surface area (Å²) in [6.45, 7) is 0.943. The second kappa shape index (κ2) is 3.27. The maximum Gasteiger partial charge on any atom is 0.166 e. The molecule has 1 aliphatic heterocycles. The van der Waals surface area contributed by atoms with Crippen LogP contribution in [0.3, 0.4) is 0 Å². The minimum Gasteiger partial charge on any atom is -0.360 e. The lowest BCUT2D eigenvalue weighted by atomic mass is 9.99. The number of thiocarbonyl (C=S) groups is 1. The Morgan fingerprint density at radius 3 is 2.92 bits per heavy atom. The predicted molar refractivity (Wildman–Crippen MR) is 54.0 cm³/mol. The van der Waals surface area contributed by atoms with Crippen LogP contribution in [0.15, 0.2) is 23.8 Å². The van der Waals surface area contributed by atoms with Crippen molar-refractivity contribution in [3.63, 3.8) is 0 Å². The van der Waals surface area contributed by atoms with Crippen molar-refractivity contribution in [2.75, 3.05) is 6.54 Å². The highest BCUT2D eigenvalue weighted by molar-refractivity contribution is 7.80. The van der Waals surface area contributed by atoms with E-state index in [1.807, 2.05) is 0 Å². The van der Waals surface area contributed by atoms with Crippen molar-refractivity contribution in [1.29, 1.82) is 0 Å². The van der Waals surface area contributed by atoms with E-state index in [9.17, 15) is 0 Å². The Hall–Kier alpha value is -0.830. The van der Waals surface area contributed by atoms with Crippen molar-refractivity contribution in [2.45, 2.75) is 18.9 Å². The van der Waals surface area contributed by atoms with Crippen molar-refractivity contribution < 1.29 is 0 Å². The summed E-state index contributed by atoms with van der Waals surface area (Å²) in [5, 5.41) is 7.15. The molecule has 0 aromatic heterocycles. The Kier molecular flexibility index (Phi) is 2.13. The summed E-state index contributed by atoms with van der Waals surface area (Å²) < 4.78 is 0. The minimum absolute atomic E-state index is 0.433. The molecule has 0 radical (unpaired) electrons. The molecule has 0 aromatic carbocycles. The fourth-order valence-electron chi connectivity index (χ4n) is 1.58. The quantitative estimate of drug-likeness (QED) is 0.467. The Morgan fingerprint density at radius 2 is 2.33 bits per heavy atom. The fraction of sp³-hybridized carbons (Fsp3) is 0.444. The van der Waals surface area contributed by atoms with E-state index in [4.69, 9.17) is 12.2 Å². The van der Waals surface area contributed by atoms with Crippen molar-refractivity contribution in [3.8, 4) is 0 Å². The van der Waals surface area contributed by atoms with E-state index in [0.717, 1.165) is 24.5 Å². The summed E-state index contributed by atoms with van der Waals surface area (Å²) in [5.41, 5.74) is 1.46. The molecule has 1 unspecified atom stereocenters. The molecule has 0 aromatic rings. The molecule has 1 atom stereocenters. The van der Waals surface area contributed by atoms with Gasteiger partial charge in [0.05, 0.1) is 6.04 Å². The smallest absolute Gasteiger partial charge is 0.166 e. The molecule has 2 nitrogen and oxygen atoms in total. The number of hydrogen-bond acceptors (Lipinski definition) is 1. The van der Waals surface area contributed by atoms with Crippen LogP contribution in [0.1, 0.15) is 12.8 Å². The SMILES string of the molecule is S=C1NCC(C2=CCC=CC2)N1. The van der Waals surface area contributed by atoms with Crippen molar-refractivity contribution >= 4 is 17.3 Å². The van der Waals surface area contributed by atoms with E-state index < -0.39 is 0 Å². The molecule has 2 N–H and O–H groups in total. The molecule has 1 aliphatic carbocycles. The number of nitrogens with one attached hydrogen (secondary N) is 2. The molecule has 0 amide bonds. The summed E-state index contributed by atoms with van der Waals surface area (Å²) >= 11 is 5.00. The Labute approximate surface area is 77.7 Å². The van der Waals surface area contributed by atoms with Gasteiger partial charge in [-0.25, -0.2) is 0 Å². The zero-order chi connectivity index (χ0) is 8.39. The van der Waals surface area contributed by atoms with E-state index in [0.29, 0.717) is 6.04 Å². The van der Waals surface area contributed by atoms with Gasteiger partial charge < -0.3 is 10.6 Å². The van der Waals surface area contributed by atoms with E-state index in [1.165, 1.54) is 5.57 Å². The average Bonchev–Trinajstić information content (AvgIpc) is 2.54. The lowest BCUT2D eigenvalue weighted by molar-refractivity contribution is 0.725. The molecule has 12 heavy (non-hydrogen) atoms. The molecule has 0 spiro atoms.